The number of thiophene rings is 1. The Hall–Kier alpha value is -1.56. The van der Waals surface area contributed by atoms with Gasteiger partial charge in [0.15, 0.2) is 0 Å². The third-order valence-corrected chi connectivity index (χ3v) is 5.31. The first-order chi connectivity index (χ1) is 11.7. The van der Waals surface area contributed by atoms with E-state index in [0.29, 0.717) is 30.8 Å². The van der Waals surface area contributed by atoms with Crippen LogP contribution in [-0.2, 0) is 4.79 Å². The Kier molecular flexibility index (Phi) is 6.12. The molecule has 0 bridgehead atoms. The van der Waals surface area contributed by atoms with Crippen LogP contribution in [0.25, 0.3) is 0 Å². The summed E-state index contributed by atoms with van der Waals surface area (Å²) in [7, 11) is 0. The van der Waals surface area contributed by atoms with Gasteiger partial charge in [0.2, 0.25) is 5.91 Å². The summed E-state index contributed by atoms with van der Waals surface area (Å²) < 4.78 is 5.58. The second-order valence-electron chi connectivity index (χ2n) is 5.80. The Morgan fingerprint density at radius 3 is 2.92 bits per heavy atom. The summed E-state index contributed by atoms with van der Waals surface area (Å²) in [6.07, 6.45) is 2.28. The van der Waals surface area contributed by atoms with Crippen molar-refractivity contribution < 1.29 is 9.53 Å². The van der Waals surface area contributed by atoms with E-state index in [1.54, 1.807) is 23.5 Å². The highest BCUT2D eigenvalue weighted by molar-refractivity contribution is 7.10. The standard InChI is InChI=1S/C18H21ClN2O2S/c19-14-5-7-15(8-6-14)23-11-9-20-18(22)13-21-10-1-3-16(21)17-4-2-12-24-17/h2,4-8,12,16H,1,3,9-11,13H2,(H,20,22). The molecule has 1 aliphatic heterocycles. The molecule has 1 atom stereocenters. The fraction of sp³-hybridized carbons (Fsp3) is 0.389. The van der Waals surface area contributed by atoms with Gasteiger partial charge in [-0.15, -0.1) is 11.3 Å². The van der Waals surface area contributed by atoms with Gasteiger partial charge >= 0.3 is 0 Å². The lowest BCUT2D eigenvalue weighted by Crippen LogP contribution is -2.38. The fourth-order valence-corrected chi connectivity index (χ4v) is 3.97. The molecule has 1 aliphatic rings. The van der Waals surface area contributed by atoms with E-state index in [0.717, 1.165) is 25.1 Å². The van der Waals surface area contributed by atoms with Crippen LogP contribution in [0.15, 0.2) is 41.8 Å². The molecule has 1 aromatic carbocycles. The van der Waals surface area contributed by atoms with Gasteiger partial charge in [0.05, 0.1) is 13.1 Å². The number of hydrogen-bond donors (Lipinski definition) is 1. The van der Waals surface area contributed by atoms with Gasteiger partial charge in [0.1, 0.15) is 12.4 Å². The summed E-state index contributed by atoms with van der Waals surface area (Å²) in [5.41, 5.74) is 0. The van der Waals surface area contributed by atoms with Crippen molar-refractivity contribution in [1.29, 1.82) is 0 Å². The first kappa shape index (κ1) is 17.3. The lowest BCUT2D eigenvalue weighted by Gasteiger charge is -2.22. The van der Waals surface area contributed by atoms with E-state index in [9.17, 15) is 4.79 Å². The number of carbonyl (C=O) groups is 1. The predicted molar refractivity (Wildman–Crippen MR) is 97.8 cm³/mol. The number of nitrogens with one attached hydrogen (secondary N) is 1. The number of rotatable bonds is 7. The van der Waals surface area contributed by atoms with Crippen molar-refractivity contribution in [3.8, 4) is 5.75 Å². The van der Waals surface area contributed by atoms with Crippen LogP contribution < -0.4 is 10.1 Å². The molecule has 4 nitrogen and oxygen atoms in total. The lowest BCUT2D eigenvalue weighted by atomic mass is 10.2. The Morgan fingerprint density at radius 1 is 1.33 bits per heavy atom. The van der Waals surface area contributed by atoms with Gasteiger partial charge in [-0.3, -0.25) is 9.69 Å². The average Bonchev–Trinajstić information content (AvgIpc) is 3.24. The number of ether oxygens (including phenoxy) is 1. The lowest BCUT2D eigenvalue weighted by molar-refractivity contribution is -0.122. The molecule has 3 rings (SSSR count). The number of halogens is 1. The van der Waals surface area contributed by atoms with Crippen molar-refractivity contribution in [3.05, 3.63) is 51.7 Å². The maximum atomic E-state index is 12.1. The van der Waals surface area contributed by atoms with E-state index in [2.05, 4.69) is 27.7 Å². The quantitative estimate of drug-likeness (QED) is 0.761. The van der Waals surface area contributed by atoms with Crippen LogP contribution in [0.1, 0.15) is 23.8 Å². The molecule has 1 fully saturated rings. The molecule has 24 heavy (non-hydrogen) atoms. The van der Waals surface area contributed by atoms with Crippen molar-refractivity contribution in [1.82, 2.24) is 10.2 Å². The summed E-state index contributed by atoms with van der Waals surface area (Å²) in [4.78, 5) is 15.8. The molecule has 2 heterocycles. The molecule has 0 spiro atoms. The molecule has 1 amide bonds. The number of benzene rings is 1. The minimum atomic E-state index is 0.0539. The van der Waals surface area contributed by atoms with Crippen LogP contribution in [0.2, 0.25) is 5.02 Å². The van der Waals surface area contributed by atoms with Crippen molar-refractivity contribution in [2.45, 2.75) is 18.9 Å². The van der Waals surface area contributed by atoms with E-state index in [1.165, 1.54) is 4.88 Å². The second kappa shape index (κ2) is 8.51. The van der Waals surface area contributed by atoms with Gasteiger partial charge < -0.3 is 10.1 Å². The van der Waals surface area contributed by atoms with Gasteiger partial charge in [0.25, 0.3) is 0 Å². The Bertz CT molecular complexity index is 646. The van der Waals surface area contributed by atoms with Crippen LogP contribution in [0, 0.1) is 0 Å². The summed E-state index contributed by atoms with van der Waals surface area (Å²) in [6, 6.07) is 11.8. The van der Waals surface area contributed by atoms with Gasteiger partial charge in [0, 0.05) is 15.9 Å². The molecular formula is C18H21ClN2O2S. The summed E-state index contributed by atoms with van der Waals surface area (Å²) in [5.74, 6) is 0.809. The molecular weight excluding hydrogens is 344 g/mol. The van der Waals surface area contributed by atoms with Crippen LogP contribution in [0.4, 0.5) is 0 Å². The highest BCUT2D eigenvalue weighted by Crippen LogP contribution is 2.33. The molecule has 1 aromatic heterocycles. The normalized spacial score (nSPS) is 17.8. The number of likely N-dealkylation sites (tertiary alicyclic amines) is 1. The molecule has 6 heteroatoms. The third-order valence-electron chi connectivity index (χ3n) is 4.09. The highest BCUT2D eigenvalue weighted by atomic mass is 35.5. The zero-order valence-corrected chi connectivity index (χ0v) is 15.0. The maximum Gasteiger partial charge on any atom is 0.234 e. The van der Waals surface area contributed by atoms with Crippen LogP contribution in [-0.4, -0.2) is 37.0 Å². The third kappa shape index (κ3) is 4.72. The van der Waals surface area contributed by atoms with E-state index in [1.807, 2.05) is 12.1 Å². The Morgan fingerprint density at radius 2 is 2.17 bits per heavy atom. The number of nitrogens with zero attached hydrogens (tertiary/aromatic N) is 1. The largest absolute Gasteiger partial charge is 0.492 e. The minimum Gasteiger partial charge on any atom is -0.492 e. The predicted octanol–water partition coefficient (Wildman–Crippen LogP) is 3.73. The molecule has 0 radical (unpaired) electrons. The van der Waals surface area contributed by atoms with E-state index in [-0.39, 0.29) is 5.91 Å². The molecule has 0 saturated carbocycles. The first-order valence-corrected chi connectivity index (χ1v) is 9.40. The monoisotopic (exact) mass is 364 g/mol. The zero-order chi connectivity index (χ0) is 16.8. The van der Waals surface area contributed by atoms with Crippen LogP contribution in [0.3, 0.4) is 0 Å². The van der Waals surface area contributed by atoms with Crippen molar-refractivity contribution in [2.75, 3.05) is 26.2 Å². The minimum absolute atomic E-state index is 0.0539. The average molecular weight is 365 g/mol. The smallest absolute Gasteiger partial charge is 0.234 e. The number of hydrogen-bond acceptors (Lipinski definition) is 4. The molecule has 1 saturated heterocycles. The first-order valence-electron chi connectivity index (χ1n) is 8.15. The zero-order valence-electron chi connectivity index (χ0n) is 13.4. The number of carbonyl (C=O) groups excluding carboxylic acids is 1. The molecule has 1 N–H and O–H groups in total. The van der Waals surface area contributed by atoms with Crippen molar-refractivity contribution in [3.63, 3.8) is 0 Å². The van der Waals surface area contributed by atoms with Crippen molar-refractivity contribution >= 4 is 28.8 Å². The van der Waals surface area contributed by atoms with Gasteiger partial charge in [-0.25, -0.2) is 0 Å². The molecule has 2 aromatic rings. The summed E-state index contributed by atoms with van der Waals surface area (Å²) in [6.45, 7) is 2.38. The van der Waals surface area contributed by atoms with Gasteiger partial charge in [-0.1, -0.05) is 17.7 Å². The second-order valence-corrected chi connectivity index (χ2v) is 7.21. The van der Waals surface area contributed by atoms with E-state index >= 15 is 0 Å². The number of amides is 1. The maximum absolute atomic E-state index is 12.1. The highest BCUT2D eigenvalue weighted by Gasteiger charge is 2.27. The fourth-order valence-electron chi connectivity index (χ4n) is 2.95. The van der Waals surface area contributed by atoms with Crippen molar-refractivity contribution in [2.24, 2.45) is 0 Å². The summed E-state index contributed by atoms with van der Waals surface area (Å²) in [5, 5.41) is 5.71. The molecule has 128 valence electrons. The Labute approximate surface area is 151 Å². The Balaban J connectivity index is 1.38. The summed E-state index contributed by atoms with van der Waals surface area (Å²) >= 11 is 7.60. The van der Waals surface area contributed by atoms with Gasteiger partial charge in [-0.2, -0.15) is 0 Å². The molecule has 0 aliphatic carbocycles. The molecule has 1 unspecified atom stereocenters. The topological polar surface area (TPSA) is 41.6 Å². The van der Waals surface area contributed by atoms with E-state index in [4.69, 9.17) is 16.3 Å². The van der Waals surface area contributed by atoms with Gasteiger partial charge in [-0.05, 0) is 55.1 Å². The van der Waals surface area contributed by atoms with Crippen LogP contribution >= 0.6 is 22.9 Å². The SMILES string of the molecule is O=C(CN1CCCC1c1cccs1)NCCOc1ccc(Cl)cc1. The van der Waals surface area contributed by atoms with E-state index < -0.39 is 0 Å². The van der Waals surface area contributed by atoms with Crippen LogP contribution in [0.5, 0.6) is 5.75 Å².